The van der Waals surface area contributed by atoms with E-state index in [9.17, 15) is 5.11 Å². The van der Waals surface area contributed by atoms with E-state index in [1.54, 1.807) is 6.07 Å². The van der Waals surface area contributed by atoms with Crippen molar-refractivity contribution in [3.63, 3.8) is 0 Å². The largest absolute Gasteiger partial charge is 0.507 e. The molecule has 0 radical (unpaired) electrons. The molecule has 1 rings (SSSR count). The van der Waals surface area contributed by atoms with Crippen LogP contribution >= 0.6 is 27.5 Å². The van der Waals surface area contributed by atoms with Gasteiger partial charge in [-0.1, -0.05) is 12.1 Å². The van der Waals surface area contributed by atoms with E-state index in [0.717, 1.165) is 22.9 Å². The Labute approximate surface area is 85.5 Å². The molecule has 0 aliphatic carbocycles. The molecule has 0 aliphatic heterocycles. The van der Waals surface area contributed by atoms with Crippen molar-refractivity contribution in [3.05, 3.63) is 28.2 Å². The van der Waals surface area contributed by atoms with Gasteiger partial charge in [0.2, 0.25) is 0 Å². The summed E-state index contributed by atoms with van der Waals surface area (Å²) in [6.45, 7) is 0. The first-order valence-corrected chi connectivity index (χ1v) is 5.10. The summed E-state index contributed by atoms with van der Waals surface area (Å²) in [5, 5.41) is 9.32. The highest BCUT2D eigenvalue weighted by atomic mass is 79.9. The minimum Gasteiger partial charge on any atom is -0.507 e. The molecule has 66 valence electrons. The third-order valence-electron chi connectivity index (χ3n) is 1.64. The van der Waals surface area contributed by atoms with E-state index in [1.807, 2.05) is 12.1 Å². The molecule has 0 unspecified atom stereocenters. The predicted octanol–water partition coefficient (Wildman–Crippen LogP) is 3.33. The molecular weight excluding hydrogens is 239 g/mol. The second-order valence-corrected chi connectivity index (χ2v) is 3.71. The molecule has 0 saturated heterocycles. The number of halogens is 2. The fourth-order valence-corrected chi connectivity index (χ4v) is 1.61. The average molecular weight is 250 g/mol. The second kappa shape index (κ2) is 4.73. The van der Waals surface area contributed by atoms with Crippen LogP contribution in [0.3, 0.4) is 0 Å². The number of phenols is 1. The highest BCUT2D eigenvalue weighted by Crippen LogP contribution is 2.27. The summed E-state index contributed by atoms with van der Waals surface area (Å²) in [6, 6.07) is 5.48. The fourth-order valence-electron chi connectivity index (χ4n) is 1.02. The lowest BCUT2D eigenvalue weighted by Gasteiger charge is -2.03. The number of alkyl halides is 1. The quantitative estimate of drug-likeness (QED) is 0.815. The van der Waals surface area contributed by atoms with Crippen LogP contribution in [0.4, 0.5) is 0 Å². The summed E-state index contributed by atoms with van der Waals surface area (Å²) in [7, 11) is 0. The summed E-state index contributed by atoms with van der Waals surface area (Å²) in [5.74, 6) is 0.948. The number of aromatic hydroxyl groups is 1. The van der Waals surface area contributed by atoms with Gasteiger partial charge in [-0.05, 0) is 40.4 Å². The van der Waals surface area contributed by atoms with Gasteiger partial charge in [0.1, 0.15) is 5.75 Å². The Hall–Kier alpha value is -0.210. The molecule has 1 aromatic rings. The van der Waals surface area contributed by atoms with Crippen molar-refractivity contribution in [2.24, 2.45) is 0 Å². The van der Waals surface area contributed by atoms with E-state index in [4.69, 9.17) is 11.6 Å². The van der Waals surface area contributed by atoms with Crippen LogP contribution in [0.25, 0.3) is 0 Å². The third-order valence-corrected chi connectivity index (χ3v) is 2.82. The van der Waals surface area contributed by atoms with Crippen LogP contribution in [0, 0.1) is 0 Å². The average Bonchev–Trinajstić information content (AvgIpc) is 2.08. The molecule has 12 heavy (non-hydrogen) atoms. The topological polar surface area (TPSA) is 20.2 Å². The Kier molecular flexibility index (Phi) is 3.89. The van der Waals surface area contributed by atoms with Crippen LogP contribution in [-0.2, 0) is 6.42 Å². The van der Waals surface area contributed by atoms with E-state index in [1.165, 1.54) is 0 Å². The molecule has 0 fully saturated rings. The Morgan fingerprint density at radius 2 is 2.17 bits per heavy atom. The van der Waals surface area contributed by atoms with Crippen LogP contribution in [0.5, 0.6) is 5.75 Å². The number of benzene rings is 1. The van der Waals surface area contributed by atoms with Crippen molar-refractivity contribution in [3.8, 4) is 5.75 Å². The normalized spacial score (nSPS) is 10.2. The minimum absolute atomic E-state index is 0.294. The van der Waals surface area contributed by atoms with Crippen molar-refractivity contribution >= 4 is 27.5 Å². The van der Waals surface area contributed by atoms with Gasteiger partial charge in [0.05, 0.1) is 4.47 Å². The van der Waals surface area contributed by atoms with Gasteiger partial charge in [0.25, 0.3) is 0 Å². The van der Waals surface area contributed by atoms with E-state index < -0.39 is 0 Å². The van der Waals surface area contributed by atoms with Crippen LogP contribution in [0.2, 0.25) is 0 Å². The molecule has 0 amide bonds. The maximum absolute atomic E-state index is 9.32. The Bertz CT molecular complexity index is 263. The van der Waals surface area contributed by atoms with Gasteiger partial charge < -0.3 is 5.11 Å². The van der Waals surface area contributed by atoms with Crippen molar-refractivity contribution in [2.45, 2.75) is 12.8 Å². The number of rotatable bonds is 3. The fraction of sp³-hybridized carbons (Fsp3) is 0.333. The lowest BCUT2D eigenvalue weighted by Crippen LogP contribution is -1.87. The molecule has 0 heterocycles. The predicted molar refractivity (Wildman–Crippen MR) is 54.8 cm³/mol. The Morgan fingerprint density at radius 3 is 2.83 bits per heavy atom. The Balaban J connectivity index is 2.78. The van der Waals surface area contributed by atoms with Crippen LogP contribution in [0.1, 0.15) is 12.0 Å². The molecule has 0 bridgehead atoms. The molecule has 0 saturated carbocycles. The second-order valence-electron chi connectivity index (χ2n) is 2.54. The standard InChI is InChI=1S/C9H10BrClO/c10-9-7(4-2-6-11)3-1-5-8(9)12/h1,3,5,12H,2,4,6H2. The monoisotopic (exact) mass is 248 g/mol. The van der Waals surface area contributed by atoms with E-state index >= 15 is 0 Å². The first-order valence-electron chi connectivity index (χ1n) is 3.78. The molecule has 0 atom stereocenters. The van der Waals surface area contributed by atoms with Gasteiger partial charge in [-0.2, -0.15) is 0 Å². The summed E-state index contributed by atoms with van der Waals surface area (Å²) >= 11 is 8.88. The van der Waals surface area contributed by atoms with Crippen molar-refractivity contribution < 1.29 is 5.11 Å². The van der Waals surface area contributed by atoms with Crippen LogP contribution in [-0.4, -0.2) is 11.0 Å². The zero-order valence-electron chi connectivity index (χ0n) is 6.56. The summed E-state index contributed by atoms with van der Waals surface area (Å²) in [4.78, 5) is 0. The van der Waals surface area contributed by atoms with Crippen LogP contribution in [0.15, 0.2) is 22.7 Å². The smallest absolute Gasteiger partial charge is 0.130 e. The molecule has 1 aromatic carbocycles. The molecule has 1 nitrogen and oxygen atoms in total. The Morgan fingerprint density at radius 1 is 1.42 bits per heavy atom. The summed E-state index contributed by atoms with van der Waals surface area (Å²) in [5.41, 5.74) is 1.11. The minimum atomic E-state index is 0.294. The first-order chi connectivity index (χ1) is 5.75. The summed E-state index contributed by atoms with van der Waals surface area (Å²) in [6.07, 6.45) is 1.84. The lowest BCUT2D eigenvalue weighted by molar-refractivity contribution is 0.471. The number of hydrogen-bond donors (Lipinski definition) is 1. The zero-order valence-corrected chi connectivity index (χ0v) is 8.90. The van der Waals surface area contributed by atoms with Gasteiger partial charge in [0.15, 0.2) is 0 Å². The van der Waals surface area contributed by atoms with Crippen molar-refractivity contribution in [1.82, 2.24) is 0 Å². The maximum Gasteiger partial charge on any atom is 0.130 e. The van der Waals surface area contributed by atoms with Crippen molar-refractivity contribution in [2.75, 3.05) is 5.88 Å². The maximum atomic E-state index is 9.32. The molecule has 1 N–H and O–H groups in total. The van der Waals surface area contributed by atoms with Gasteiger partial charge in [-0.15, -0.1) is 11.6 Å². The molecule has 3 heteroatoms. The summed E-state index contributed by atoms with van der Waals surface area (Å²) < 4.78 is 0.787. The SMILES string of the molecule is Oc1cccc(CCCCl)c1Br. The lowest BCUT2D eigenvalue weighted by atomic mass is 10.1. The van der Waals surface area contributed by atoms with Gasteiger partial charge >= 0.3 is 0 Å². The van der Waals surface area contributed by atoms with E-state index in [2.05, 4.69) is 15.9 Å². The van der Waals surface area contributed by atoms with Crippen LogP contribution < -0.4 is 0 Å². The molecular formula is C9H10BrClO. The van der Waals surface area contributed by atoms with E-state index in [-0.39, 0.29) is 0 Å². The van der Waals surface area contributed by atoms with Gasteiger partial charge in [-0.25, -0.2) is 0 Å². The van der Waals surface area contributed by atoms with Crippen molar-refractivity contribution in [1.29, 1.82) is 0 Å². The van der Waals surface area contributed by atoms with Gasteiger partial charge in [-0.3, -0.25) is 0 Å². The van der Waals surface area contributed by atoms with Gasteiger partial charge in [0, 0.05) is 5.88 Å². The highest BCUT2D eigenvalue weighted by molar-refractivity contribution is 9.10. The first kappa shape index (κ1) is 9.87. The zero-order chi connectivity index (χ0) is 8.97. The molecule has 0 spiro atoms. The molecule has 0 aromatic heterocycles. The number of hydrogen-bond acceptors (Lipinski definition) is 1. The molecule has 0 aliphatic rings. The number of phenolic OH excluding ortho intramolecular Hbond substituents is 1. The number of aryl methyl sites for hydroxylation is 1. The van der Waals surface area contributed by atoms with E-state index in [0.29, 0.717) is 11.6 Å². The highest BCUT2D eigenvalue weighted by Gasteiger charge is 2.02. The third kappa shape index (κ3) is 2.39.